The van der Waals surface area contributed by atoms with E-state index >= 15 is 0 Å². The van der Waals surface area contributed by atoms with Crippen molar-refractivity contribution in [2.75, 3.05) is 6.54 Å². The molecule has 0 saturated carbocycles. The molecule has 0 aliphatic heterocycles. The fraction of sp³-hybridized carbons (Fsp3) is 0.333. The minimum absolute atomic E-state index is 0.0180. The molecule has 0 amide bonds. The second-order valence-corrected chi connectivity index (χ2v) is 2.75. The Hall–Kier alpha value is -0.860. The van der Waals surface area contributed by atoms with Crippen LogP contribution >= 0.6 is 0 Å². The van der Waals surface area contributed by atoms with Crippen LogP contribution < -0.4 is 11.5 Å². The predicted molar refractivity (Wildman–Crippen MR) is 47.2 cm³/mol. The maximum atomic E-state index is 5.72. The van der Waals surface area contributed by atoms with Crippen LogP contribution in [0.3, 0.4) is 0 Å². The highest BCUT2D eigenvalue weighted by molar-refractivity contribution is 5.23. The van der Waals surface area contributed by atoms with Gasteiger partial charge in [-0.2, -0.15) is 0 Å². The highest BCUT2D eigenvalue weighted by Gasteiger charge is 2.00. The topological polar surface area (TPSA) is 52.0 Å². The van der Waals surface area contributed by atoms with Gasteiger partial charge in [-0.25, -0.2) is 0 Å². The Bertz CT molecular complexity index is 216. The summed E-state index contributed by atoms with van der Waals surface area (Å²) < 4.78 is 0. The predicted octanol–water partition coefficient (Wildman–Crippen LogP) is 0.954. The van der Waals surface area contributed by atoms with Gasteiger partial charge in [-0.1, -0.05) is 29.8 Å². The van der Waals surface area contributed by atoms with Crippen LogP contribution in [-0.4, -0.2) is 6.54 Å². The lowest BCUT2D eigenvalue weighted by Gasteiger charge is -2.08. The van der Waals surface area contributed by atoms with Gasteiger partial charge in [0.2, 0.25) is 0 Å². The van der Waals surface area contributed by atoms with Crippen molar-refractivity contribution in [3.8, 4) is 0 Å². The molecule has 11 heavy (non-hydrogen) atoms. The summed E-state index contributed by atoms with van der Waals surface area (Å²) in [6, 6.07) is 8.12. The quantitative estimate of drug-likeness (QED) is 0.659. The van der Waals surface area contributed by atoms with E-state index in [1.807, 2.05) is 24.3 Å². The summed E-state index contributed by atoms with van der Waals surface area (Å²) >= 11 is 0. The molecule has 0 aliphatic carbocycles. The minimum atomic E-state index is -0.0180. The Morgan fingerprint density at radius 2 is 1.82 bits per heavy atom. The molecular formula is C9H14N2. The smallest absolute Gasteiger partial charge is 0.0419 e. The molecule has 1 aromatic carbocycles. The first-order valence-corrected chi connectivity index (χ1v) is 3.76. The normalized spacial score (nSPS) is 13.0. The minimum Gasteiger partial charge on any atom is -0.329 e. The molecule has 4 N–H and O–H groups in total. The molecule has 0 aromatic heterocycles. The number of benzene rings is 1. The summed E-state index contributed by atoms with van der Waals surface area (Å²) in [6.45, 7) is 2.56. The fourth-order valence-corrected chi connectivity index (χ4v) is 0.950. The highest BCUT2D eigenvalue weighted by atomic mass is 14.7. The summed E-state index contributed by atoms with van der Waals surface area (Å²) in [7, 11) is 0. The van der Waals surface area contributed by atoms with Gasteiger partial charge in [0.1, 0.15) is 0 Å². The molecule has 0 aliphatic rings. The third kappa shape index (κ3) is 2.03. The van der Waals surface area contributed by atoms with Gasteiger partial charge in [0.15, 0.2) is 0 Å². The zero-order valence-corrected chi connectivity index (χ0v) is 6.75. The molecule has 0 spiro atoms. The van der Waals surface area contributed by atoms with Gasteiger partial charge in [0.05, 0.1) is 0 Å². The van der Waals surface area contributed by atoms with Gasteiger partial charge < -0.3 is 11.5 Å². The first kappa shape index (κ1) is 8.24. The second-order valence-electron chi connectivity index (χ2n) is 2.75. The molecule has 0 saturated heterocycles. The van der Waals surface area contributed by atoms with Crippen molar-refractivity contribution in [2.45, 2.75) is 13.0 Å². The van der Waals surface area contributed by atoms with E-state index in [9.17, 15) is 0 Å². The Morgan fingerprint density at radius 1 is 1.27 bits per heavy atom. The Labute approximate surface area is 67.2 Å². The Balaban J connectivity index is 2.81. The van der Waals surface area contributed by atoms with E-state index in [1.54, 1.807) is 0 Å². The maximum Gasteiger partial charge on any atom is 0.0419 e. The van der Waals surface area contributed by atoms with Crippen molar-refractivity contribution < 1.29 is 0 Å². The molecule has 1 aromatic rings. The van der Waals surface area contributed by atoms with E-state index in [0.717, 1.165) is 5.56 Å². The standard InChI is InChI=1S/C9H14N2/c1-7-2-4-8(5-3-7)9(11)6-10/h2-5,9H,6,10-11H2,1H3/t9-/m1/s1. The lowest BCUT2D eigenvalue weighted by atomic mass is 10.1. The highest BCUT2D eigenvalue weighted by Crippen LogP contribution is 2.09. The second kappa shape index (κ2) is 3.51. The zero-order chi connectivity index (χ0) is 8.27. The van der Waals surface area contributed by atoms with E-state index in [1.165, 1.54) is 5.56 Å². The van der Waals surface area contributed by atoms with Crippen molar-refractivity contribution >= 4 is 0 Å². The summed E-state index contributed by atoms with van der Waals surface area (Å²) in [5.74, 6) is 0. The van der Waals surface area contributed by atoms with E-state index in [-0.39, 0.29) is 6.04 Å². The lowest BCUT2D eigenvalue weighted by molar-refractivity contribution is 0.737. The van der Waals surface area contributed by atoms with Crippen molar-refractivity contribution in [3.05, 3.63) is 35.4 Å². The van der Waals surface area contributed by atoms with Crippen LogP contribution in [0.4, 0.5) is 0 Å². The maximum absolute atomic E-state index is 5.72. The lowest BCUT2D eigenvalue weighted by Crippen LogP contribution is -2.20. The molecule has 60 valence electrons. The SMILES string of the molecule is Cc1ccc([C@H](N)CN)cc1. The summed E-state index contributed by atoms with van der Waals surface area (Å²) in [4.78, 5) is 0. The monoisotopic (exact) mass is 150 g/mol. The van der Waals surface area contributed by atoms with Crippen LogP contribution in [0.1, 0.15) is 17.2 Å². The zero-order valence-electron chi connectivity index (χ0n) is 6.75. The van der Waals surface area contributed by atoms with E-state index < -0.39 is 0 Å². The fourth-order valence-electron chi connectivity index (χ4n) is 0.950. The number of nitrogens with two attached hydrogens (primary N) is 2. The molecule has 2 heteroatoms. The third-order valence-corrected chi connectivity index (χ3v) is 1.76. The van der Waals surface area contributed by atoms with Gasteiger partial charge in [-0.05, 0) is 12.5 Å². The molecule has 0 unspecified atom stereocenters. The summed E-state index contributed by atoms with van der Waals surface area (Å²) in [6.07, 6.45) is 0. The number of aryl methyl sites for hydroxylation is 1. The molecule has 0 bridgehead atoms. The van der Waals surface area contributed by atoms with Crippen LogP contribution in [0.25, 0.3) is 0 Å². The van der Waals surface area contributed by atoms with Gasteiger partial charge in [0.25, 0.3) is 0 Å². The van der Waals surface area contributed by atoms with Crippen LogP contribution in [0, 0.1) is 6.92 Å². The third-order valence-electron chi connectivity index (χ3n) is 1.76. The van der Waals surface area contributed by atoms with Crippen LogP contribution in [0.5, 0.6) is 0 Å². The molecule has 0 heterocycles. The Kier molecular flexibility index (Phi) is 2.63. The molecule has 2 nitrogen and oxygen atoms in total. The van der Waals surface area contributed by atoms with Crippen molar-refractivity contribution in [2.24, 2.45) is 11.5 Å². The van der Waals surface area contributed by atoms with Gasteiger partial charge in [-0.3, -0.25) is 0 Å². The average molecular weight is 150 g/mol. The number of hydrogen-bond donors (Lipinski definition) is 2. The van der Waals surface area contributed by atoms with Crippen LogP contribution in [0.15, 0.2) is 24.3 Å². The first-order chi connectivity index (χ1) is 5.24. The van der Waals surface area contributed by atoms with E-state index in [0.29, 0.717) is 6.54 Å². The summed E-state index contributed by atoms with van der Waals surface area (Å²) in [5.41, 5.74) is 13.5. The molecule has 0 radical (unpaired) electrons. The molecular weight excluding hydrogens is 136 g/mol. The van der Waals surface area contributed by atoms with E-state index in [4.69, 9.17) is 11.5 Å². The van der Waals surface area contributed by atoms with E-state index in [2.05, 4.69) is 6.92 Å². The van der Waals surface area contributed by atoms with Crippen LogP contribution in [-0.2, 0) is 0 Å². The number of hydrogen-bond acceptors (Lipinski definition) is 2. The number of rotatable bonds is 2. The largest absolute Gasteiger partial charge is 0.329 e. The van der Waals surface area contributed by atoms with Gasteiger partial charge >= 0.3 is 0 Å². The molecule has 1 atom stereocenters. The Morgan fingerprint density at radius 3 is 2.27 bits per heavy atom. The summed E-state index contributed by atoms with van der Waals surface area (Å²) in [5, 5.41) is 0. The molecule has 1 rings (SSSR count). The van der Waals surface area contributed by atoms with Crippen LogP contribution in [0.2, 0.25) is 0 Å². The van der Waals surface area contributed by atoms with Gasteiger partial charge in [0, 0.05) is 12.6 Å². The van der Waals surface area contributed by atoms with Gasteiger partial charge in [-0.15, -0.1) is 0 Å². The molecule has 0 fully saturated rings. The first-order valence-electron chi connectivity index (χ1n) is 3.76. The van der Waals surface area contributed by atoms with Crippen molar-refractivity contribution in [1.82, 2.24) is 0 Å². The van der Waals surface area contributed by atoms with Crippen molar-refractivity contribution in [3.63, 3.8) is 0 Å². The van der Waals surface area contributed by atoms with Crippen molar-refractivity contribution in [1.29, 1.82) is 0 Å². The average Bonchev–Trinajstić information content (AvgIpc) is 2.05.